The van der Waals surface area contributed by atoms with Crippen LogP contribution in [0.25, 0.3) is 0 Å². The second-order valence-corrected chi connectivity index (χ2v) is 7.01. The van der Waals surface area contributed by atoms with E-state index in [1.807, 2.05) is 4.90 Å². The predicted octanol–water partition coefficient (Wildman–Crippen LogP) is 1.42. The summed E-state index contributed by atoms with van der Waals surface area (Å²) in [7, 11) is 0. The summed E-state index contributed by atoms with van der Waals surface area (Å²) in [4.78, 5) is 32.3. The van der Waals surface area contributed by atoms with Gasteiger partial charge in [-0.15, -0.1) is 0 Å². The average molecular weight is 334 g/mol. The molecule has 3 rings (SSSR count). The van der Waals surface area contributed by atoms with Crippen molar-refractivity contribution in [3.05, 3.63) is 11.7 Å². The van der Waals surface area contributed by atoms with E-state index >= 15 is 0 Å². The fraction of sp³-hybridized carbons (Fsp3) is 0.765. The van der Waals surface area contributed by atoms with Gasteiger partial charge in [-0.3, -0.25) is 9.59 Å². The van der Waals surface area contributed by atoms with E-state index in [4.69, 9.17) is 4.52 Å². The van der Waals surface area contributed by atoms with E-state index < -0.39 is 0 Å². The zero-order valence-electron chi connectivity index (χ0n) is 14.5. The molecule has 0 aliphatic carbocycles. The average Bonchev–Trinajstić information content (AvgIpc) is 3.00. The van der Waals surface area contributed by atoms with Gasteiger partial charge in [0.05, 0.1) is 5.92 Å². The van der Waals surface area contributed by atoms with Gasteiger partial charge in [-0.25, -0.2) is 0 Å². The van der Waals surface area contributed by atoms with Crippen LogP contribution in [0, 0.1) is 18.8 Å². The maximum Gasteiger partial charge on any atom is 0.227 e. The van der Waals surface area contributed by atoms with Crippen molar-refractivity contribution in [3.63, 3.8) is 0 Å². The zero-order valence-corrected chi connectivity index (χ0v) is 14.5. The molecule has 2 aliphatic heterocycles. The molecule has 2 amide bonds. The lowest BCUT2D eigenvalue weighted by Gasteiger charge is -2.37. The molecular weight excluding hydrogens is 308 g/mol. The van der Waals surface area contributed by atoms with Crippen molar-refractivity contribution in [1.82, 2.24) is 19.9 Å². The van der Waals surface area contributed by atoms with Crippen molar-refractivity contribution in [2.45, 2.75) is 46.0 Å². The molecule has 2 saturated heterocycles. The number of nitrogens with zero attached hydrogens (tertiary/aromatic N) is 4. The first-order valence-corrected chi connectivity index (χ1v) is 8.86. The minimum absolute atomic E-state index is 0.0287. The van der Waals surface area contributed by atoms with Crippen molar-refractivity contribution >= 4 is 11.8 Å². The monoisotopic (exact) mass is 334 g/mol. The molecule has 3 heterocycles. The van der Waals surface area contributed by atoms with Gasteiger partial charge < -0.3 is 14.3 Å². The number of piperidine rings is 2. The fourth-order valence-corrected chi connectivity index (χ4v) is 3.76. The Morgan fingerprint density at radius 2 is 1.92 bits per heavy atom. The van der Waals surface area contributed by atoms with E-state index in [0.29, 0.717) is 18.4 Å². The van der Waals surface area contributed by atoms with Crippen molar-refractivity contribution in [1.29, 1.82) is 0 Å². The first kappa shape index (κ1) is 16.9. The predicted molar refractivity (Wildman–Crippen MR) is 87.0 cm³/mol. The van der Waals surface area contributed by atoms with Crippen LogP contribution in [0.5, 0.6) is 0 Å². The fourth-order valence-electron chi connectivity index (χ4n) is 3.76. The van der Waals surface area contributed by atoms with Crippen LogP contribution >= 0.6 is 0 Å². The van der Waals surface area contributed by atoms with Gasteiger partial charge in [-0.2, -0.15) is 4.98 Å². The van der Waals surface area contributed by atoms with Crippen LogP contribution in [0.4, 0.5) is 0 Å². The van der Waals surface area contributed by atoms with Crippen LogP contribution in [0.3, 0.4) is 0 Å². The van der Waals surface area contributed by atoms with Crippen LogP contribution < -0.4 is 0 Å². The highest BCUT2D eigenvalue weighted by atomic mass is 16.5. The van der Waals surface area contributed by atoms with Crippen LogP contribution in [0.2, 0.25) is 0 Å². The molecule has 0 bridgehead atoms. The van der Waals surface area contributed by atoms with Crippen molar-refractivity contribution in [3.8, 4) is 0 Å². The Morgan fingerprint density at radius 3 is 2.54 bits per heavy atom. The van der Waals surface area contributed by atoms with E-state index in [-0.39, 0.29) is 17.7 Å². The molecule has 0 aromatic carbocycles. The molecule has 2 fully saturated rings. The molecule has 1 aromatic heterocycles. The highest BCUT2D eigenvalue weighted by molar-refractivity contribution is 5.80. The number of amides is 2. The molecule has 7 nitrogen and oxygen atoms in total. The third-order valence-electron chi connectivity index (χ3n) is 5.18. The van der Waals surface area contributed by atoms with E-state index in [0.717, 1.165) is 57.6 Å². The number of carbonyl (C=O) groups is 2. The Morgan fingerprint density at radius 1 is 1.17 bits per heavy atom. The second kappa shape index (κ2) is 7.32. The summed E-state index contributed by atoms with van der Waals surface area (Å²) in [5, 5.41) is 3.96. The minimum Gasteiger partial charge on any atom is -0.342 e. The van der Waals surface area contributed by atoms with Gasteiger partial charge in [0.15, 0.2) is 5.82 Å². The summed E-state index contributed by atoms with van der Waals surface area (Å²) >= 11 is 0. The molecule has 24 heavy (non-hydrogen) atoms. The number of hydrogen-bond donors (Lipinski definition) is 0. The quantitative estimate of drug-likeness (QED) is 0.835. The molecule has 0 spiro atoms. The van der Waals surface area contributed by atoms with E-state index in [2.05, 4.69) is 10.1 Å². The lowest BCUT2D eigenvalue weighted by molar-refractivity contribution is -0.141. The number of hydrogen-bond acceptors (Lipinski definition) is 5. The molecule has 132 valence electrons. The molecule has 2 aliphatic rings. The Kier molecular flexibility index (Phi) is 5.16. The highest BCUT2D eigenvalue weighted by Gasteiger charge is 2.32. The van der Waals surface area contributed by atoms with Crippen LogP contribution in [0.15, 0.2) is 4.52 Å². The normalized spacial score (nSPS) is 22.7. The van der Waals surface area contributed by atoms with Gasteiger partial charge in [0.1, 0.15) is 0 Å². The van der Waals surface area contributed by atoms with Gasteiger partial charge in [-0.1, -0.05) is 5.16 Å². The summed E-state index contributed by atoms with van der Waals surface area (Å²) < 4.78 is 5.02. The first-order chi connectivity index (χ1) is 11.5. The lowest BCUT2D eigenvalue weighted by Crippen LogP contribution is -2.48. The Balaban J connectivity index is 1.49. The molecule has 0 N–H and O–H groups in total. The summed E-state index contributed by atoms with van der Waals surface area (Å²) in [6, 6.07) is 0. The summed E-state index contributed by atoms with van der Waals surface area (Å²) in [5.41, 5.74) is 0. The van der Waals surface area contributed by atoms with Crippen LogP contribution in [0.1, 0.15) is 44.3 Å². The van der Waals surface area contributed by atoms with E-state index in [1.165, 1.54) is 0 Å². The Bertz CT molecular complexity index is 592. The topological polar surface area (TPSA) is 79.5 Å². The molecule has 1 atom stereocenters. The lowest BCUT2D eigenvalue weighted by atomic mass is 9.91. The smallest absolute Gasteiger partial charge is 0.227 e. The van der Waals surface area contributed by atoms with Gasteiger partial charge in [-0.05, 0) is 31.6 Å². The van der Waals surface area contributed by atoms with E-state index in [9.17, 15) is 9.59 Å². The first-order valence-electron chi connectivity index (χ1n) is 8.86. The Labute approximate surface area is 142 Å². The number of carbonyl (C=O) groups excluding carboxylic acids is 2. The summed E-state index contributed by atoms with van der Waals surface area (Å²) in [6.07, 6.45) is 4.58. The summed E-state index contributed by atoms with van der Waals surface area (Å²) in [6.45, 7) is 6.32. The van der Waals surface area contributed by atoms with E-state index in [1.54, 1.807) is 18.7 Å². The maximum absolute atomic E-state index is 12.7. The molecule has 0 unspecified atom stereocenters. The van der Waals surface area contributed by atoms with Crippen molar-refractivity contribution < 1.29 is 14.1 Å². The number of likely N-dealkylation sites (tertiary alicyclic amines) is 2. The van der Waals surface area contributed by atoms with Gasteiger partial charge in [0.2, 0.25) is 17.7 Å². The standard InChI is InChI=1S/C17H26N4O3/c1-12-18-16(19-24-12)10-14-5-8-20(9-6-14)17(23)15-4-3-7-21(11-15)13(2)22/h14-15H,3-11H2,1-2H3/t15-/m1/s1. The van der Waals surface area contributed by atoms with Gasteiger partial charge >= 0.3 is 0 Å². The van der Waals surface area contributed by atoms with Crippen molar-refractivity contribution in [2.75, 3.05) is 26.2 Å². The third-order valence-corrected chi connectivity index (χ3v) is 5.18. The third kappa shape index (κ3) is 3.94. The van der Waals surface area contributed by atoms with Gasteiger partial charge in [0, 0.05) is 46.4 Å². The number of aromatic nitrogens is 2. The second-order valence-electron chi connectivity index (χ2n) is 7.01. The number of aryl methyl sites for hydroxylation is 1. The number of rotatable bonds is 3. The zero-order chi connectivity index (χ0) is 17.1. The molecule has 7 heteroatoms. The molecule has 0 saturated carbocycles. The van der Waals surface area contributed by atoms with Gasteiger partial charge in [0.25, 0.3) is 0 Å². The molecule has 0 radical (unpaired) electrons. The molecular formula is C17H26N4O3. The maximum atomic E-state index is 12.7. The minimum atomic E-state index is -0.0287. The van der Waals surface area contributed by atoms with Crippen LogP contribution in [-0.4, -0.2) is 57.9 Å². The largest absolute Gasteiger partial charge is 0.342 e. The molecule has 1 aromatic rings. The van der Waals surface area contributed by atoms with Crippen molar-refractivity contribution in [2.24, 2.45) is 11.8 Å². The van der Waals surface area contributed by atoms with Crippen LogP contribution in [-0.2, 0) is 16.0 Å². The Hall–Kier alpha value is -1.92. The SMILES string of the molecule is CC(=O)N1CCC[C@@H](C(=O)N2CCC(Cc3noc(C)n3)CC2)C1. The highest BCUT2D eigenvalue weighted by Crippen LogP contribution is 2.24. The summed E-state index contributed by atoms with van der Waals surface area (Å²) in [5.74, 6) is 2.13.